The number of benzene rings is 2. The van der Waals surface area contributed by atoms with Gasteiger partial charge in [-0.25, -0.2) is 0 Å². The SMILES string of the molecule is NC1=CCc2cc3ccccc3cc2O1. The summed E-state index contributed by atoms with van der Waals surface area (Å²) in [5.74, 6) is 1.38. The highest BCUT2D eigenvalue weighted by molar-refractivity contribution is 5.85. The van der Waals surface area contributed by atoms with Gasteiger partial charge in [-0.3, -0.25) is 0 Å². The van der Waals surface area contributed by atoms with Crippen molar-refractivity contribution in [3.05, 3.63) is 53.9 Å². The van der Waals surface area contributed by atoms with Gasteiger partial charge in [-0.15, -0.1) is 0 Å². The first-order valence-electron chi connectivity index (χ1n) is 4.98. The molecule has 2 aromatic rings. The van der Waals surface area contributed by atoms with Crippen LogP contribution in [0.4, 0.5) is 0 Å². The Balaban J connectivity index is 2.23. The lowest BCUT2D eigenvalue weighted by Gasteiger charge is -2.16. The molecule has 0 saturated carbocycles. The van der Waals surface area contributed by atoms with Gasteiger partial charge in [-0.2, -0.15) is 0 Å². The van der Waals surface area contributed by atoms with Crippen LogP contribution in [0.25, 0.3) is 10.8 Å². The van der Waals surface area contributed by atoms with E-state index in [0.29, 0.717) is 5.88 Å². The topological polar surface area (TPSA) is 35.2 Å². The summed E-state index contributed by atoms with van der Waals surface area (Å²) in [6, 6.07) is 12.5. The summed E-state index contributed by atoms with van der Waals surface area (Å²) in [6.45, 7) is 0. The second-order valence-corrected chi connectivity index (χ2v) is 3.72. The molecule has 0 fully saturated rings. The molecule has 74 valence electrons. The number of hydrogen-bond donors (Lipinski definition) is 1. The first-order valence-corrected chi connectivity index (χ1v) is 4.98. The molecule has 0 unspecified atom stereocenters. The largest absolute Gasteiger partial charge is 0.442 e. The molecule has 0 amide bonds. The molecule has 0 aliphatic carbocycles. The third-order valence-corrected chi connectivity index (χ3v) is 2.68. The Morgan fingerprint density at radius 3 is 2.60 bits per heavy atom. The van der Waals surface area contributed by atoms with E-state index in [4.69, 9.17) is 10.5 Å². The highest BCUT2D eigenvalue weighted by Gasteiger charge is 2.10. The zero-order valence-corrected chi connectivity index (χ0v) is 8.23. The third-order valence-electron chi connectivity index (χ3n) is 2.68. The van der Waals surface area contributed by atoms with Crippen LogP contribution in [0.1, 0.15) is 5.56 Å². The lowest BCUT2D eigenvalue weighted by Crippen LogP contribution is -2.11. The first kappa shape index (κ1) is 8.36. The van der Waals surface area contributed by atoms with E-state index < -0.39 is 0 Å². The molecule has 0 spiro atoms. The van der Waals surface area contributed by atoms with Crippen molar-refractivity contribution in [1.29, 1.82) is 0 Å². The van der Waals surface area contributed by atoms with Gasteiger partial charge in [-0.05, 0) is 41.0 Å². The summed E-state index contributed by atoms with van der Waals surface area (Å²) < 4.78 is 5.48. The number of nitrogens with two attached hydrogens (primary N) is 1. The molecule has 0 bridgehead atoms. The van der Waals surface area contributed by atoms with Crippen molar-refractivity contribution >= 4 is 10.8 Å². The molecule has 0 aromatic heterocycles. The number of fused-ring (bicyclic) bond motifs is 2. The fraction of sp³-hybridized carbons (Fsp3) is 0.0769. The normalized spacial score (nSPS) is 14.3. The van der Waals surface area contributed by atoms with Crippen LogP contribution in [0.5, 0.6) is 5.75 Å². The molecule has 2 N–H and O–H groups in total. The molecule has 3 rings (SSSR count). The van der Waals surface area contributed by atoms with Crippen LogP contribution < -0.4 is 10.5 Å². The molecule has 2 heteroatoms. The number of allylic oxidation sites excluding steroid dienone is 1. The molecule has 15 heavy (non-hydrogen) atoms. The summed E-state index contributed by atoms with van der Waals surface area (Å²) in [6.07, 6.45) is 2.75. The third kappa shape index (κ3) is 1.34. The second kappa shape index (κ2) is 3.02. The van der Waals surface area contributed by atoms with Crippen molar-refractivity contribution in [3.8, 4) is 5.75 Å². The molecule has 0 radical (unpaired) electrons. The van der Waals surface area contributed by atoms with Crippen LogP contribution in [-0.4, -0.2) is 0 Å². The summed E-state index contributed by atoms with van der Waals surface area (Å²) >= 11 is 0. The van der Waals surface area contributed by atoms with Crippen LogP contribution in [-0.2, 0) is 6.42 Å². The minimum absolute atomic E-state index is 0.498. The maximum Gasteiger partial charge on any atom is 0.187 e. The molecule has 0 saturated heterocycles. The van der Waals surface area contributed by atoms with Crippen molar-refractivity contribution in [2.45, 2.75) is 6.42 Å². The van der Waals surface area contributed by atoms with E-state index in [9.17, 15) is 0 Å². The fourth-order valence-electron chi connectivity index (χ4n) is 1.90. The summed E-state index contributed by atoms with van der Waals surface area (Å²) in [4.78, 5) is 0. The molecule has 2 nitrogen and oxygen atoms in total. The molecular weight excluding hydrogens is 186 g/mol. The van der Waals surface area contributed by atoms with Crippen LogP contribution >= 0.6 is 0 Å². The Bertz CT molecular complexity index is 557. The zero-order valence-electron chi connectivity index (χ0n) is 8.23. The van der Waals surface area contributed by atoms with Gasteiger partial charge in [0.05, 0.1) is 0 Å². The van der Waals surface area contributed by atoms with Crippen LogP contribution in [0.3, 0.4) is 0 Å². The summed E-state index contributed by atoms with van der Waals surface area (Å²) in [5.41, 5.74) is 6.83. The van der Waals surface area contributed by atoms with Crippen LogP contribution in [0.15, 0.2) is 48.4 Å². The Hall–Kier alpha value is -1.96. The van der Waals surface area contributed by atoms with Crippen LogP contribution in [0.2, 0.25) is 0 Å². The maximum atomic E-state index is 5.63. The highest BCUT2D eigenvalue weighted by Crippen LogP contribution is 2.29. The quantitative estimate of drug-likeness (QED) is 0.704. The standard InChI is InChI=1S/C13H11NO/c14-13-6-5-11-7-9-3-1-2-4-10(9)8-12(11)15-13/h1-4,6-8H,5,14H2. The van der Waals surface area contributed by atoms with Gasteiger partial charge in [-0.1, -0.05) is 24.3 Å². The smallest absolute Gasteiger partial charge is 0.187 e. The average molecular weight is 197 g/mol. The Labute approximate surface area is 88.0 Å². The Morgan fingerprint density at radius 1 is 1.07 bits per heavy atom. The minimum atomic E-state index is 0.498. The van der Waals surface area contributed by atoms with Crippen molar-refractivity contribution in [1.82, 2.24) is 0 Å². The predicted octanol–water partition coefficient (Wildman–Crippen LogP) is 2.57. The van der Waals surface area contributed by atoms with E-state index in [1.165, 1.54) is 16.3 Å². The van der Waals surface area contributed by atoms with Gasteiger partial charge in [0.25, 0.3) is 0 Å². The van der Waals surface area contributed by atoms with Gasteiger partial charge < -0.3 is 10.5 Å². The minimum Gasteiger partial charge on any atom is -0.442 e. The number of ether oxygens (including phenoxy) is 1. The Kier molecular flexibility index (Phi) is 1.68. The monoisotopic (exact) mass is 197 g/mol. The van der Waals surface area contributed by atoms with E-state index >= 15 is 0 Å². The Morgan fingerprint density at radius 2 is 1.80 bits per heavy atom. The zero-order chi connectivity index (χ0) is 10.3. The van der Waals surface area contributed by atoms with E-state index in [1.807, 2.05) is 24.3 Å². The summed E-state index contributed by atoms with van der Waals surface area (Å²) in [7, 11) is 0. The van der Waals surface area contributed by atoms with Crippen LogP contribution in [0, 0.1) is 0 Å². The van der Waals surface area contributed by atoms with Gasteiger partial charge in [0, 0.05) is 0 Å². The van der Waals surface area contributed by atoms with E-state index in [1.54, 1.807) is 0 Å². The molecular formula is C13H11NO. The lowest BCUT2D eigenvalue weighted by molar-refractivity contribution is 0.405. The van der Waals surface area contributed by atoms with Gasteiger partial charge in [0.2, 0.25) is 0 Å². The molecule has 1 aliphatic rings. The lowest BCUT2D eigenvalue weighted by atomic mass is 10.0. The first-order chi connectivity index (χ1) is 7.33. The summed E-state index contributed by atoms with van der Waals surface area (Å²) in [5, 5.41) is 2.43. The van der Waals surface area contributed by atoms with Gasteiger partial charge >= 0.3 is 0 Å². The van der Waals surface area contributed by atoms with Crippen molar-refractivity contribution in [2.75, 3.05) is 0 Å². The fourth-order valence-corrected chi connectivity index (χ4v) is 1.90. The van der Waals surface area contributed by atoms with Crippen molar-refractivity contribution in [3.63, 3.8) is 0 Å². The van der Waals surface area contributed by atoms with E-state index in [0.717, 1.165) is 12.2 Å². The molecule has 1 heterocycles. The van der Waals surface area contributed by atoms with E-state index in [2.05, 4.69) is 18.2 Å². The van der Waals surface area contributed by atoms with Crippen molar-refractivity contribution in [2.24, 2.45) is 5.73 Å². The van der Waals surface area contributed by atoms with Crippen molar-refractivity contribution < 1.29 is 4.74 Å². The molecule has 0 atom stereocenters. The average Bonchev–Trinajstić information content (AvgIpc) is 2.26. The predicted molar refractivity (Wildman–Crippen MR) is 60.6 cm³/mol. The molecule has 2 aromatic carbocycles. The number of hydrogen-bond acceptors (Lipinski definition) is 2. The highest BCUT2D eigenvalue weighted by atomic mass is 16.5. The maximum absolute atomic E-state index is 5.63. The van der Waals surface area contributed by atoms with Gasteiger partial charge in [0.15, 0.2) is 5.88 Å². The van der Waals surface area contributed by atoms with Gasteiger partial charge in [0.1, 0.15) is 5.75 Å². The molecule has 1 aliphatic heterocycles. The second-order valence-electron chi connectivity index (χ2n) is 3.72. The number of rotatable bonds is 0. The van der Waals surface area contributed by atoms with E-state index in [-0.39, 0.29) is 0 Å².